The highest BCUT2D eigenvalue weighted by Gasteiger charge is 2.24. The molecule has 3 aromatic rings. The van der Waals surface area contributed by atoms with Gasteiger partial charge in [0.1, 0.15) is 6.04 Å². The third kappa shape index (κ3) is 6.32. The second-order valence-corrected chi connectivity index (χ2v) is 8.34. The molecule has 1 atom stereocenters. The Kier molecular flexibility index (Phi) is 8.03. The lowest BCUT2D eigenvalue weighted by atomic mass is 10.0. The van der Waals surface area contributed by atoms with E-state index in [4.69, 9.17) is 5.73 Å². The summed E-state index contributed by atoms with van der Waals surface area (Å²) in [6.45, 7) is 3.50. The average Bonchev–Trinajstić information content (AvgIpc) is 3.24. The van der Waals surface area contributed by atoms with Gasteiger partial charge in [0.2, 0.25) is 5.91 Å². The molecule has 0 fully saturated rings. The van der Waals surface area contributed by atoms with Crippen LogP contribution in [0.1, 0.15) is 13.8 Å². The molecule has 0 spiro atoms. The molecule has 10 nitrogen and oxygen atoms in total. The first-order chi connectivity index (χ1) is 15.9. The molecule has 0 aliphatic rings. The molecule has 0 aliphatic heterocycles. The fourth-order valence-electron chi connectivity index (χ4n) is 3.01. The van der Waals surface area contributed by atoms with E-state index in [0.29, 0.717) is 11.0 Å². The molecule has 0 unspecified atom stereocenters. The summed E-state index contributed by atoms with van der Waals surface area (Å²) in [5.41, 5.74) is 11.5. The summed E-state index contributed by atoms with van der Waals surface area (Å²) in [7, 11) is 0. The van der Waals surface area contributed by atoms with E-state index in [1.807, 2.05) is 65.2 Å². The zero-order valence-electron chi connectivity index (χ0n) is 18.2. The molecule has 0 bridgehead atoms. The number of carbonyl (C=O) groups is 3. The zero-order chi connectivity index (χ0) is 23.8. The molecular weight excluding hydrogens is 442 g/mol. The number of carbonyl (C=O) groups excluding carboxylic acids is 3. The lowest BCUT2D eigenvalue weighted by Crippen LogP contribution is -2.55. The molecule has 11 heteroatoms. The highest BCUT2D eigenvalue weighted by molar-refractivity contribution is 7.99. The van der Waals surface area contributed by atoms with Gasteiger partial charge in [0, 0.05) is 11.3 Å². The summed E-state index contributed by atoms with van der Waals surface area (Å²) >= 11 is 1.18. The van der Waals surface area contributed by atoms with Crippen LogP contribution in [0.2, 0.25) is 0 Å². The van der Waals surface area contributed by atoms with Gasteiger partial charge in [-0.3, -0.25) is 25.0 Å². The third-order valence-electron chi connectivity index (χ3n) is 4.58. The molecular formula is C22H25N7O3S. The first kappa shape index (κ1) is 23.8. The Bertz CT molecular complexity index is 1100. The maximum Gasteiger partial charge on any atom is 0.312 e. The van der Waals surface area contributed by atoms with Crippen LogP contribution in [0, 0.1) is 5.92 Å². The monoisotopic (exact) mass is 467 g/mol. The van der Waals surface area contributed by atoms with Crippen molar-refractivity contribution in [3.05, 3.63) is 60.7 Å². The molecule has 3 rings (SSSR count). The number of benzene rings is 2. The van der Waals surface area contributed by atoms with Crippen LogP contribution in [0.4, 0.5) is 4.79 Å². The van der Waals surface area contributed by atoms with Crippen molar-refractivity contribution in [3.8, 4) is 17.1 Å². The standard InChI is InChI=1S/C22H25N7O3S/c1-14(2)18(24-21(23)32)20(31)27-25-17(30)13-33-22-28-26-19(15-9-5-3-6-10-15)29(22)16-11-7-4-8-12-16/h3-12,14,18H,13H2,1-2H3,(H,25,30)(H,27,31)(H3,23,24,32)/t18-/m0/s1. The van der Waals surface area contributed by atoms with E-state index in [-0.39, 0.29) is 11.7 Å². The maximum atomic E-state index is 12.3. The minimum Gasteiger partial charge on any atom is -0.352 e. The number of aromatic nitrogens is 3. The summed E-state index contributed by atoms with van der Waals surface area (Å²) in [5.74, 6) is -0.602. The molecule has 1 aromatic heterocycles. The van der Waals surface area contributed by atoms with Gasteiger partial charge >= 0.3 is 6.03 Å². The van der Waals surface area contributed by atoms with Gasteiger partial charge < -0.3 is 11.1 Å². The second kappa shape index (κ2) is 11.1. The number of thioether (sulfide) groups is 1. The predicted molar refractivity (Wildman–Crippen MR) is 125 cm³/mol. The Labute approximate surface area is 195 Å². The number of nitrogens with zero attached hydrogens (tertiary/aromatic N) is 3. The van der Waals surface area contributed by atoms with E-state index in [1.54, 1.807) is 13.8 Å². The van der Waals surface area contributed by atoms with Crippen LogP contribution in [-0.4, -0.2) is 44.4 Å². The smallest absolute Gasteiger partial charge is 0.312 e. The SMILES string of the molecule is CC(C)[C@H](NC(N)=O)C(=O)NNC(=O)CSc1nnc(-c2ccccc2)n1-c1ccccc1. The number of nitrogens with one attached hydrogen (secondary N) is 3. The number of rotatable bonds is 8. The second-order valence-electron chi connectivity index (χ2n) is 7.40. The fourth-order valence-corrected chi connectivity index (χ4v) is 3.76. The highest BCUT2D eigenvalue weighted by atomic mass is 32.2. The van der Waals surface area contributed by atoms with Crippen molar-refractivity contribution < 1.29 is 14.4 Å². The van der Waals surface area contributed by atoms with E-state index in [0.717, 1.165) is 11.3 Å². The number of amides is 4. The molecule has 2 aromatic carbocycles. The minimum absolute atomic E-state index is 0.0182. The van der Waals surface area contributed by atoms with Crippen LogP contribution in [0.5, 0.6) is 0 Å². The Morgan fingerprint density at radius 1 is 0.970 bits per heavy atom. The van der Waals surface area contributed by atoms with Gasteiger partial charge in [0.05, 0.1) is 5.75 Å². The lowest BCUT2D eigenvalue weighted by Gasteiger charge is -2.20. The Morgan fingerprint density at radius 2 is 1.61 bits per heavy atom. The van der Waals surface area contributed by atoms with Crippen LogP contribution in [-0.2, 0) is 9.59 Å². The van der Waals surface area contributed by atoms with Gasteiger partial charge in [0.15, 0.2) is 11.0 Å². The largest absolute Gasteiger partial charge is 0.352 e. The van der Waals surface area contributed by atoms with Gasteiger partial charge in [-0.2, -0.15) is 0 Å². The number of hydrogen-bond donors (Lipinski definition) is 4. The number of primary amides is 1. The first-order valence-electron chi connectivity index (χ1n) is 10.2. The van der Waals surface area contributed by atoms with Crippen molar-refractivity contribution in [2.75, 3.05) is 5.75 Å². The van der Waals surface area contributed by atoms with Crippen molar-refractivity contribution in [1.29, 1.82) is 0 Å². The quantitative estimate of drug-likeness (QED) is 0.294. The molecule has 4 amide bonds. The van der Waals surface area contributed by atoms with E-state index in [9.17, 15) is 14.4 Å². The van der Waals surface area contributed by atoms with Gasteiger partial charge in [-0.25, -0.2) is 4.79 Å². The minimum atomic E-state index is -0.870. The lowest BCUT2D eigenvalue weighted by molar-refractivity contribution is -0.129. The number of nitrogens with two attached hydrogens (primary N) is 1. The molecule has 0 aliphatic carbocycles. The Morgan fingerprint density at radius 3 is 2.21 bits per heavy atom. The van der Waals surface area contributed by atoms with E-state index in [1.165, 1.54) is 11.8 Å². The van der Waals surface area contributed by atoms with Gasteiger partial charge in [-0.15, -0.1) is 10.2 Å². The predicted octanol–water partition coefficient (Wildman–Crippen LogP) is 1.87. The molecule has 1 heterocycles. The first-order valence-corrected chi connectivity index (χ1v) is 11.2. The zero-order valence-corrected chi connectivity index (χ0v) is 19.0. The molecule has 172 valence electrons. The Hall–Kier alpha value is -3.86. The molecule has 0 saturated carbocycles. The molecule has 33 heavy (non-hydrogen) atoms. The van der Waals surface area contributed by atoms with Crippen LogP contribution < -0.4 is 21.9 Å². The number of hydrogen-bond acceptors (Lipinski definition) is 6. The van der Waals surface area contributed by atoms with Gasteiger partial charge in [-0.05, 0) is 18.1 Å². The summed E-state index contributed by atoms with van der Waals surface area (Å²) in [4.78, 5) is 35.7. The van der Waals surface area contributed by atoms with Crippen LogP contribution >= 0.6 is 11.8 Å². The fraction of sp³-hybridized carbons (Fsp3) is 0.227. The van der Waals surface area contributed by atoms with Crippen LogP contribution in [0.15, 0.2) is 65.8 Å². The van der Waals surface area contributed by atoms with Crippen molar-refractivity contribution >= 4 is 29.6 Å². The van der Waals surface area contributed by atoms with E-state index < -0.39 is 23.9 Å². The number of hydrazine groups is 1. The van der Waals surface area contributed by atoms with Crippen molar-refractivity contribution in [1.82, 2.24) is 30.9 Å². The summed E-state index contributed by atoms with van der Waals surface area (Å²) in [6.07, 6.45) is 0. The van der Waals surface area contributed by atoms with Gasteiger partial charge in [-0.1, -0.05) is 74.1 Å². The van der Waals surface area contributed by atoms with E-state index in [2.05, 4.69) is 26.4 Å². The van der Waals surface area contributed by atoms with Crippen LogP contribution in [0.3, 0.4) is 0 Å². The molecule has 0 radical (unpaired) electrons. The van der Waals surface area contributed by atoms with Gasteiger partial charge in [0.25, 0.3) is 5.91 Å². The normalized spacial score (nSPS) is 11.6. The summed E-state index contributed by atoms with van der Waals surface area (Å²) in [6, 6.07) is 17.5. The van der Waals surface area contributed by atoms with Crippen molar-refractivity contribution in [2.45, 2.75) is 25.0 Å². The Balaban J connectivity index is 1.69. The van der Waals surface area contributed by atoms with E-state index >= 15 is 0 Å². The third-order valence-corrected chi connectivity index (χ3v) is 5.51. The van der Waals surface area contributed by atoms with Crippen molar-refractivity contribution in [2.24, 2.45) is 11.7 Å². The molecule has 0 saturated heterocycles. The topological polar surface area (TPSA) is 144 Å². The molecule has 5 N–H and O–H groups in total. The average molecular weight is 468 g/mol. The maximum absolute atomic E-state index is 12.3. The summed E-state index contributed by atoms with van der Waals surface area (Å²) in [5, 5.41) is 11.5. The van der Waals surface area contributed by atoms with Crippen molar-refractivity contribution in [3.63, 3.8) is 0 Å². The summed E-state index contributed by atoms with van der Waals surface area (Å²) < 4.78 is 1.87. The highest BCUT2D eigenvalue weighted by Crippen LogP contribution is 2.27. The number of urea groups is 1. The van der Waals surface area contributed by atoms with Crippen LogP contribution in [0.25, 0.3) is 17.1 Å². The number of para-hydroxylation sites is 1.